The maximum atomic E-state index is 12.7. The van der Waals surface area contributed by atoms with Crippen LogP contribution >= 0.6 is 0 Å². The van der Waals surface area contributed by atoms with Crippen molar-refractivity contribution in [2.24, 2.45) is 0 Å². The van der Waals surface area contributed by atoms with Gasteiger partial charge in [0.25, 0.3) is 0 Å². The molecule has 0 N–H and O–H groups in total. The van der Waals surface area contributed by atoms with Crippen LogP contribution in [-0.2, 0) is 28.6 Å². The van der Waals surface area contributed by atoms with Gasteiger partial charge in [-0.1, -0.05) is 140 Å². The molecule has 0 aromatic carbocycles. The molecule has 0 aromatic rings. The Morgan fingerprint density at radius 3 is 1.61 bits per heavy atom. The number of carboxylic acid groups (broad SMARTS) is 1. The van der Waals surface area contributed by atoms with Crippen molar-refractivity contribution in [3.63, 3.8) is 0 Å². The lowest BCUT2D eigenvalue weighted by Gasteiger charge is -2.34. The van der Waals surface area contributed by atoms with Crippen LogP contribution in [0, 0.1) is 0 Å². The van der Waals surface area contributed by atoms with Gasteiger partial charge in [0, 0.05) is 19.3 Å². The van der Waals surface area contributed by atoms with Crippen molar-refractivity contribution in [2.75, 3.05) is 41.0 Å². The van der Waals surface area contributed by atoms with E-state index in [-0.39, 0.29) is 49.1 Å². The first-order chi connectivity index (χ1) is 26.1. The molecule has 0 aliphatic rings. The molecule has 0 radical (unpaired) electrons. The van der Waals surface area contributed by atoms with E-state index < -0.39 is 18.1 Å². The third-order valence-corrected chi connectivity index (χ3v) is 9.45. The summed E-state index contributed by atoms with van der Waals surface area (Å²) in [6.07, 6.45) is 42.9. The average molecular weight is 760 g/mol. The maximum absolute atomic E-state index is 12.7. The van der Waals surface area contributed by atoms with Crippen molar-refractivity contribution in [2.45, 2.75) is 187 Å². The van der Waals surface area contributed by atoms with E-state index in [0.29, 0.717) is 12.8 Å². The highest BCUT2D eigenvalue weighted by Crippen LogP contribution is 2.14. The molecule has 0 fully saturated rings. The molecular weight excluding hydrogens is 679 g/mol. The summed E-state index contributed by atoms with van der Waals surface area (Å²) in [5, 5.41) is 11.6. The van der Waals surface area contributed by atoms with Gasteiger partial charge >= 0.3 is 11.9 Å². The Labute approximate surface area is 331 Å². The summed E-state index contributed by atoms with van der Waals surface area (Å²) in [5.41, 5.74) is 0. The van der Waals surface area contributed by atoms with Crippen molar-refractivity contribution in [1.82, 2.24) is 0 Å². The van der Waals surface area contributed by atoms with Gasteiger partial charge in [0.05, 0.1) is 40.3 Å². The average Bonchev–Trinajstić information content (AvgIpc) is 3.12. The Balaban J connectivity index is 4.36. The fourth-order valence-corrected chi connectivity index (χ4v) is 6.09. The molecule has 0 spiro atoms. The number of esters is 2. The molecule has 0 amide bonds. The number of ether oxygens (including phenoxy) is 3. The second kappa shape index (κ2) is 37.2. The summed E-state index contributed by atoms with van der Waals surface area (Å²) in [4.78, 5) is 36.7. The fraction of sp³-hybridized carbons (Fsp3) is 0.761. The number of hydrogen-bond acceptors (Lipinski definition) is 7. The lowest BCUT2D eigenvalue weighted by Crippen LogP contribution is -2.55. The highest BCUT2D eigenvalue weighted by atomic mass is 16.6. The smallest absolute Gasteiger partial charge is 0.306 e. The van der Waals surface area contributed by atoms with E-state index in [1.165, 1.54) is 89.9 Å². The van der Waals surface area contributed by atoms with Crippen LogP contribution in [0.25, 0.3) is 0 Å². The van der Waals surface area contributed by atoms with Gasteiger partial charge in [0.2, 0.25) is 0 Å². The summed E-state index contributed by atoms with van der Waals surface area (Å²) in [6, 6.07) is -0.733. The van der Waals surface area contributed by atoms with E-state index in [9.17, 15) is 19.5 Å². The number of carboxylic acids is 1. The van der Waals surface area contributed by atoms with E-state index >= 15 is 0 Å². The van der Waals surface area contributed by atoms with Crippen LogP contribution in [0.15, 0.2) is 48.6 Å². The Morgan fingerprint density at radius 1 is 0.574 bits per heavy atom. The molecule has 0 aromatic heterocycles. The van der Waals surface area contributed by atoms with Gasteiger partial charge in [-0.25, -0.2) is 0 Å². The lowest BCUT2D eigenvalue weighted by molar-refractivity contribution is -0.889. The van der Waals surface area contributed by atoms with Gasteiger partial charge in [-0.05, 0) is 64.2 Å². The molecule has 0 aliphatic carbocycles. The van der Waals surface area contributed by atoms with Gasteiger partial charge in [0.1, 0.15) is 12.6 Å². The van der Waals surface area contributed by atoms with Crippen molar-refractivity contribution in [1.29, 1.82) is 0 Å². The molecule has 2 unspecified atom stereocenters. The zero-order chi connectivity index (χ0) is 40.0. The van der Waals surface area contributed by atoms with Crippen LogP contribution in [0.3, 0.4) is 0 Å². The number of likely N-dealkylation sites (N-methyl/N-ethyl adjacent to an activating group) is 1. The summed E-state index contributed by atoms with van der Waals surface area (Å²) in [5.74, 6) is -1.81. The zero-order valence-electron chi connectivity index (χ0n) is 35.4. The number of carbonyl (C=O) groups is 3. The molecule has 0 saturated carbocycles. The maximum Gasteiger partial charge on any atom is 0.306 e. The van der Waals surface area contributed by atoms with Crippen molar-refractivity contribution in [3.8, 4) is 0 Å². The lowest BCUT2D eigenvalue weighted by atomic mass is 10.1. The number of allylic oxidation sites excluding steroid dienone is 8. The zero-order valence-corrected chi connectivity index (χ0v) is 35.4. The molecule has 0 bridgehead atoms. The van der Waals surface area contributed by atoms with Crippen molar-refractivity contribution in [3.05, 3.63) is 48.6 Å². The minimum absolute atomic E-state index is 0.0226. The number of nitrogens with zero attached hydrogens (tertiary/aromatic N) is 1. The largest absolute Gasteiger partial charge is 0.544 e. The predicted molar refractivity (Wildman–Crippen MR) is 222 cm³/mol. The third kappa shape index (κ3) is 35.0. The van der Waals surface area contributed by atoms with Crippen LogP contribution in [0.4, 0.5) is 0 Å². The monoisotopic (exact) mass is 760 g/mol. The molecule has 0 aliphatic heterocycles. The molecule has 8 nitrogen and oxygen atoms in total. The minimum Gasteiger partial charge on any atom is -0.544 e. The molecule has 2 atom stereocenters. The second-order valence-corrected chi connectivity index (χ2v) is 15.5. The normalized spacial score (nSPS) is 13.4. The van der Waals surface area contributed by atoms with Crippen molar-refractivity contribution >= 4 is 17.9 Å². The fourth-order valence-electron chi connectivity index (χ4n) is 6.09. The highest BCUT2D eigenvalue weighted by molar-refractivity contribution is 5.70. The SMILES string of the molecule is CC/C=C/C/C=C/C/C=C/CCCC(=O)OCC(COCCC(C(=O)[O-])[N+](C)(C)C)OC(=O)CCCCCCCCC/C=C/CCCCCCCCCC. The summed E-state index contributed by atoms with van der Waals surface area (Å²) in [7, 11) is 5.38. The summed E-state index contributed by atoms with van der Waals surface area (Å²) < 4.78 is 17.1. The van der Waals surface area contributed by atoms with Crippen LogP contribution in [0.2, 0.25) is 0 Å². The Bertz CT molecular complexity index is 1030. The number of quaternary nitrogens is 1. The van der Waals surface area contributed by atoms with Crippen LogP contribution in [0.1, 0.15) is 174 Å². The molecular formula is C46H81NO7. The first-order valence-electron chi connectivity index (χ1n) is 21.7. The number of hydrogen-bond donors (Lipinski definition) is 0. The van der Waals surface area contributed by atoms with Crippen LogP contribution < -0.4 is 5.11 Å². The molecule has 8 heteroatoms. The Kier molecular flexibility index (Phi) is 35.4. The number of unbranched alkanes of at least 4 members (excludes halogenated alkanes) is 16. The molecule has 0 heterocycles. The minimum atomic E-state index is -1.13. The molecule has 0 saturated heterocycles. The number of rotatable bonds is 38. The number of carbonyl (C=O) groups excluding carboxylic acids is 3. The van der Waals surface area contributed by atoms with Crippen LogP contribution in [0.5, 0.6) is 0 Å². The van der Waals surface area contributed by atoms with E-state index in [1.54, 1.807) is 21.1 Å². The topological polar surface area (TPSA) is 102 Å². The van der Waals surface area contributed by atoms with E-state index in [1.807, 2.05) is 0 Å². The number of aliphatic carboxylic acids is 1. The standard InChI is InChI=1S/C46H81NO7/c1-6-8-10-12-14-16-18-19-20-21-22-23-24-25-27-29-31-33-35-37-45(49)54-42(40-52-39-38-43(46(50)51)47(3,4)5)41-53-44(48)36-34-32-30-28-26-17-15-13-11-9-7-2/h9,11,15,17,21-22,28,30,42-43H,6-8,10,12-14,16,18-20,23-27,29,31-41H2,1-5H3/b11-9+,17-15+,22-21+,30-28+. The van der Waals surface area contributed by atoms with E-state index in [0.717, 1.165) is 44.9 Å². The second-order valence-electron chi connectivity index (χ2n) is 15.5. The Hall–Kier alpha value is -2.71. The molecule has 312 valence electrons. The summed E-state index contributed by atoms with van der Waals surface area (Å²) in [6.45, 7) is 4.48. The van der Waals surface area contributed by atoms with Gasteiger partial charge in [-0.2, -0.15) is 0 Å². The van der Waals surface area contributed by atoms with Gasteiger partial charge < -0.3 is 28.6 Å². The first kappa shape index (κ1) is 51.3. The molecule has 0 rings (SSSR count). The van der Waals surface area contributed by atoms with E-state index in [4.69, 9.17) is 14.2 Å². The third-order valence-electron chi connectivity index (χ3n) is 9.45. The summed E-state index contributed by atoms with van der Waals surface area (Å²) >= 11 is 0. The predicted octanol–water partition coefficient (Wildman–Crippen LogP) is 10.3. The van der Waals surface area contributed by atoms with Gasteiger partial charge in [0.15, 0.2) is 6.10 Å². The highest BCUT2D eigenvalue weighted by Gasteiger charge is 2.25. The van der Waals surface area contributed by atoms with Gasteiger partial charge in [-0.15, -0.1) is 0 Å². The van der Waals surface area contributed by atoms with Gasteiger partial charge in [-0.3, -0.25) is 9.59 Å². The first-order valence-corrected chi connectivity index (χ1v) is 21.7. The van der Waals surface area contributed by atoms with Crippen LogP contribution in [-0.4, -0.2) is 75.5 Å². The quantitative estimate of drug-likeness (QED) is 0.0267. The van der Waals surface area contributed by atoms with Crippen molar-refractivity contribution < 1.29 is 38.2 Å². The van der Waals surface area contributed by atoms with E-state index in [2.05, 4.69) is 62.5 Å². The molecule has 54 heavy (non-hydrogen) atoms. The Morgan fingerprint density at radius 2 is 1.06 bits per heavy atom.